The smallest absolute Gasteiger partial charge is 0.108 e. The van der Waals surface area contributed by atoms with Crippen LogP contribution < -0.4 is 5.32 Å². The Morgan fingerprint density at radius 2 is 2.46 bits per heavy atom. The molecule has 1 N–H and O–H groups in total. The van der Waals surface area contributed by atoms with Crippen molar-refractivity contribution in [3.63, 3.8) is 0 Å². The van der Waals surface area contributed by atoms with Gasteiger partial charge in [0.25, 0.3) is 0 Å². The second-order valence-corrected chi connectivity index (χ2v) is 2.90. The van der Waals surface area contributed by atoms with Crippen LogP contribution in [0, 0.1) is 12.3 Å². The van der Waals surface area contributed by atoms with Crippen LogP contribution in [-0.2, 0) is 6.42 Å². The highest BCUT2D eigenvalue weighted by atomic mass is 16.3. The molecule has 2 heteroatoms. The van der Waals surface area contributed by atoms with E-state index in [9.17, 15) is 0 Å². The first-order valence-corrected chi connectivity index (χ1v) is 4.50. The van der Waals surface area contributed by atoms with Crippen molar-refractivity contribution >= 4 is 0 Å². The van der Waals surface area contributed by atoms with E-state index in [0.29, 0.717) is 6.42 Å². The molecule has 1 heterocycles. The molecule has 0 aliphatic carbocycles. The predicted molar refractivity (Wildman–Crippen MR) is 53.3 cm³/mol. The summed E-state index contributed by atoms with van der Waals surface area (Å²) in [6, 6.07) is 2.20. The Morgan fingerprint density at radius 3 is 3.00 bits per heavy atom. The van der Waals surface area contributed by atoms with E-state index in [1.165, 1.54) is 5.56 Å². The van der Waals surface area contributed by atoms with E-state index in [2.05, 4.69) is 18.2 Å². The van der Waals surface area contributed by atoms with Crippen molar-refractivity contribution in [3.8, 4) is 12.3 Å². The van der Waals surface area contributed by atoms with Crippen molar-refractivity contribution < 1.29 is 4.42 Å². The third-order valence-electron chi connectivity index (χ3n) is 2.15. The minimum absolute atomic E-state index is 0.221. The summed E-state index contributed by atoms with van der Waals surface area (Å²) >= 11 is 0. The maximum Gasteiger partial charge on any atom is 0.108 e. The Hall–Kier alpha value is -1.20. The molecule has 0 fully saturated rings. The van der Waals surface area contributed by atoms with Gasteiger partial charge in [0, 0.05) is 24.4 Å². The molecule has 0 amide bonds. The molecule has 0 radical (unpaired) electrons. The van der Waals surface area contributed by atoms with Gasteiger partial charge in [-0.2, -0.15) is 0 Å². The van der Waals surface area contributed by atoms with Crippen molar-refractivity contribution in [1.29, 1.82) is 0 Å². The second-order valence-electron chi connectivity index (χ2n) is 2.90. The highest BCUT2D eigenvalue weighted by Crippen LogP contribution is 2.21. The Balaban J connectivity index is 2.84. The molecule has 13 heavy (non-hydrogen) atoms. The van der Waals surface area contributed by atoms with Gasteiger partial charge in [0.05, 0.1) is 6.26 Å². The van der Waals surface area contributed by atoms with Crippen LogP contribution in [0.4, 0.5) is 0 Å². The van der Waals surface area contributed by atoms with Crippen LogP contribution >= 0.6 is 0 Å². The molecule has 1 unspecified atom stereocenters. The third-order valence-corrected chi connectivity index (χ3v) is 2.15. The van der Waals surface area contributed by atoms with Crippen molar-refractivity contribution in [2.45, 2.75) is 25.8 Å². The second kappa shape index (κ2) is 4.74. The number of nitrogens with one attached hydrogen (secondary N) is 1. The minimum Gasteiger partial charge on any atom is -0.469 e. The molecule has 2 nitrogen and oxygen atoms in total. The zero-order valence-corrected chi connectivity index (χ0v) is 8.13. The normalized spacial score (nSPS) is 12.4. The van der Waals surface area contributed by atoms with E-state index >= 15 is 0 Å². The van der Waals surface area contributed by atoms with Gasteiger partial charge in [0.2, 0.25) is 0 Å². The van der Waals surface area contributed by atoms with Crippen molar-refractivity contribution in [2.24, 2.45) is 0 Å². The summed E-state index contributed by atoms with van der Waals surface area (Å²) in [4.78, 5) is 0. The highest BCUT2D eigenvalue weighted by Gasteiger charge is 2.13. The SMILES string of the molecule is C#CCC(NC)c1ccoc1CC. The lowest BCUT2D eigenvalue weighted by Crippen LogP contribution is -2.16. The Morgan fingerprint density at radius 1 is 1.69 bits per heavy atom. The van der Waals surface area contributed by atoms with E-state index in [-0.39, 0.29) is 6.04 Å². The lowest BCUT2D eigenvalue weighted by molar-refractivity contribution is 0.498. The molecule has 0 spiro atoms. The number of rotatable bonds is 4. The van der Waals surface area contributed by atoms with Crippen molar-refractivity contribution in [3.05, 3.63) is 23.7 Å². The molecule has 1 aromatic rings. The minimum atomic E-state index is 0.221. The van der Waals surface area contributed by atoms with Crippen LogP contribution in [0.3, 0.4) is 0 Å². The topological polar surface area (TPSA) is 25.2 Å². The third kappa shape index (κ3) is 2.13. The van der Waals surface area contributed by atoms with Crippen LogP contribution in [-0.4, -0.2) is 7.05 Å². The summed E-state index contributed by atoms with van der Waals surface area (Å²) < 4.78 is 5.33. The molecule has 1 aromatic heterocycles. The van der Waals surface area contributed by atoms with E-state index in [4.69, 9.17) is 10.8 Å². The van der Waals surface area contributed by atoms with Gasteiger partial charge < -0.3 is 9.73 Å². The molecule has 1 rings (SSSR count). The zero-order valence-electron chi connectivity index (χ0n) is 8.13. The first-order valence-electron chi connectivity index (χ1n) is 4.50. The van der Waals surface area contributed by atoms with Gasteiger partial charge in [-0.1, -0.05) is 6.92 Å². The lowest BCUT2D eigenvalue weighted by atomic mass is 10.0. The Kier molecular flexibility index (Phi) is 3.60. The first-order chi connectivity index (χ1) is 6.33. The standard InChI is InChI=1S/C11H15NO/c1-4-6-10(12-3)9-7-8-13-11(9)5-2/h1,7-8,10,12H,5-6H2,2-3H3. The summed E-state index contributed by atoms with van der Waals surface area (Å²) in [5, 5.41) is 3.18. The largest absolute Gasteiger partial charge is 0.469 e. The van der Waals surface area contributed by atoms with Crippen LogP contribution in [0.15, 0.2) is 16.7 Å². The number of terminal acetylenes is 1. The molecule has 1 atom stereocenters. The van der Waals surface area contributed by atoms with Gasteiger partial charge in [-0.25, -0.2) is 0 Å². The monoisotopic (exact) mass is 177 g/mol. The first kappa shape index (κ1) is 9.88. The summed E-state index contributed by atoms with van der Waals surface area (Å²) in [5.41, 5.74) is 1.18. The highest BCUT2D eigenvalue weighted by molar-refractivity contribution is 5.22. The predicted octanol–water partition coefficient (Wildman–Crippen LogP) is 2.13. The van der Waals surface area contributed by atoms with Gasteiger partial charge in [-0.05, 0) is 13.1 Å². The van der Waals surface area contributed by atoms with E-state index in [1.807, 2.05) is 13.1 Å². The molecule has 0 aromatic carbocycles. The van der Waals surface area contributed by atoms with Gasteiger partial charge in [0.15, 0.2) is 0 Å². The van der Waals surface area contributed by atoms with Crippen LogP contribution in [0.25, 0.3) is 0 Å². The van der Waals surface area contributed by atoms with Crippen LogP contribution in [0.2, 0.25) is 0 Å². The molecular formula is C11H15NO. The summed E-state index contributed by atoms with van der Waals surface area (Å²) in [5.74, 6) is 3.68. The number of furan rings is 1. The van der Waals surface area contributed by atoms with E-state index in [0.717, 1.165) is 12.2 Å². The van der Waals surface area contributed by atoms with Gasteiger partial charge in [0.1, 0.15) is 5.76 Å². The van der Waals surface area contributed by atoms with Gasteiger partial charge in [-0.3, -0.25) is 0 Å². The van der Waals surface area contributed by atoms with Gasteiger partial charge in [-0.15, -0.1) is 12.3 Å². The molecule has 0 saturated carbocycles. The fourth-order valence-corrected chi connectivity index (χ4v) is 1.43. The average Bonchev–Trinajstić information content (AvgIpc) is 2.61. The van der Waals surface area contributed by atoms with Crippen LogP contribution in [0.1, 0.15) is 30.7 Å². The van der Waals surface area contributed by atoms with Crippen LogP contribution in [0.5, 0.6) is 0 Å². The molecule has 0 saturated heterocycles. The zero-order chi connectivity index (χ0) is 9.68. The summed E-state index contributed by atoms with van der Waals surface area (Å²) in [7, 11) is 1.91. The summed E-state index contributed by atoms with van der Waals surface area (Å²) in [6.07, 6.45) is 8.60. The average molecular weight is 177 g/mol. The maximum atomic E-state index is 5.33. The fourth-order valence-electron chi connectivity index (χ4n) is 1.43. The van der Waals surface area contributed by atoms with Crippen molar-refractivity contribution in [2.75, 3.05) is 7.05 Å². The molecule has 70 valence electrons. The van der Waals surface area contributed by atoms with E-state index < -0.39 is 0 Å². The maximum absolute atomic E-state index is 5.33. The Bertz CT molecular complexity index is 295. The van der Waals surface area contributed by atoms with E-state index in [1.54, 1.807) is 6.26 Å². The number of hydrogen-bond acceptors (Lipinski definition) is 2. The Labute approximate surface area is 79.3 Å². The summed E-state index contributed by atoms with van der Waals surface area (Å²) in [6.45, 7) is 2.07. The lowest BCUT2D eigenvalue weighted by Gasteiger charge is -2.12. The number of hydrogen-bond donors (Lipinski definition) is 1. The molecule has 0 aliphatic rings. The van der Waals surface area contributed by atoms with Crippen molar-refractivity contribution in [1.82, 2.24) is 5.32 Å². The molecular weight excluding hydrogens is 162 g/mol. The number of aryl methyl sites for hydroxylation is 1. The van der Waals surface area contributed by atoms with Gasteiger partial charge >= 0.3 is 0 Å². The molecule has 0 aliphatic heterocycles. The fraction of sp³-hybridized carbons (Fsp3) is 0.455. The quantitative estimate of drug-likeness (QED) is 0.713. The molecule has 0 bridgehead atoms.